The molecule has 3 N–H and O–H groups in total. The smallest absolute Gasteiger partial charge is 0.405 e. The fraction of sp³-hybridized carbons (Fsp3) is 0.357. The van der Waals surface area contributed by atoms with E-state index in [0.717, 1.165) is 4.90 Å². The average molecular weight is 369 g/mol. The van der Waals surface area contributed by atoms with E-state index in [0.29, 0.717) is 9.87 Å². The second kappa shape index (κ2) is 6.01. The molecule has 11 heteroatoms. The highest BCUT2D eigenvalue weighted by atomic mass is 32.2. The number of carboxylic acid groups (broad SMARTS) is 1. The van der Waals surface area contributed by atoms with Crippen molar-refractivity contribution in [2.45, 2.75) is 24.5 Å². The minimum absolute atomic E-state index is 0.0799. The highest BCUT2D eigenvalue weighted by Crippen LogP contribution is 2.37. The van der Waals surface area contributed by atoms with E-state index in [1.165, 1.54) is 0 Å². The number of carbonyl (C=O) groups is 3. The first kappa shape index (κ1) is 17.2. The van der Waals surface area contributed by atoms with Crippen LogP contribution in [-0.2, 0) is 19.9 Å². The summed E-state index contributed by atoms with van der Waals surface area (Å²) >= 11 is 0. The fourth-order valence-electron chi connectivity index (χ4n) is 3.29. The molecule has 1 aromatic rings. The van der Waals surface area contributed by atoms with Crippen molar-refractivity contribution in [2.75, 3.05) is 6.54 Å². The van der Waals surface area contributed by atoms with E-state index in [-0.39, 0.29) is 13.0 Å². The van der Waals surface area contributed by atoms with Gasteiger partial charge >= 0.3 is 16.4 Å². The molecule has 2 aliphatic rings. The molecule has 0 saturated carbocycles. The summed E-state index contributed by atoms with van der Waals surface area (Å²) in [4.78, 5) is 37.0. The largest absolute Gasteiger partial charge is 0.465 e. The molecule has 3 amide bonds. The molecular formula is C14H15N3O7S. The topological polar surface area (TPSA) is 144 Å². The predicted molar refractivity (Wildman–Crippen MR) is 82.6 cm³/mol. The highest BCUT2D eigenvalue weighted by Gasteiger charge is 2.60. The van der Waals surface area contributed by atoms with E-state index in [9.17, 15) is 22.8 Å². The molecule has 2 fully saturated rings. The zero-order chi connectivity index (χ0) is 18.4. The average Bonchev–Trinajstić information content (AvgIpc) is 2.90. The summed E-state index contributed by atoms with van der Waals surface area (Å²) in [6, 6.07) is 5.06. The van der Waals surface area contributed by atoms with Crippen LogP contribution in [0, 0.1) is 0 Å². The van der Waals surface area contributed by atoms with Crippen LogP contribution in [0.4, 0.5) is 4.79 Å². The van der Waals surface area contributed by atoms with Crippen molar-refractivity contribution in [1.29, 1.82) is 0 Å². The number of likely N-dealkylation sites (tertiary alicyclic amines) is 1. The van der Waals surface area contributed by atoms with Gasteiger partial charge in [-0.05, 0) is 12.0 Å². The van der Waals surface area contributed by atoms with E-state index in [4.69, 9.17) is 9.66 Å². The lowest BCUT2D eigenvalue weighted by atomic mass is 9.99. The number of amides is 3. The molecule has 0 aliphatic carbocycles. The lowest BCUT2D eigenvalue weighted by Gasteiger charge is -2.43. The van der Waals surface area contributed by atoms with Crippen molar-refractivity contribution in [3.63, 3.8) is 0 Å². The van der Waals surface area contributed by atoms with E-state index in [2.05, 4.69) is 5.32 Å². The Morgan fingerprint density at radius 3 is 2.44 bits per heavy atom. The number of benzene rings is 1. The lowest BCUT2D eigenvalue weighted by Crippen LogP contribution is -2.68. The van der Waals surface area contributed by atoms with Gasteiger partial charge in [0.15, 0.2) is 0 Å². The Bertz CT molecular complexity index is 826. The van der Waals surface area contributed by atoms with Crippen molar-refractivity contribution in [2.24, 2.45) is 0 Å². The van der Waals surface area contributed by atoms with E-state index in [1.807, 2.05) is 0 Å². The normalized spacial score (nSPS) is 23.6. The summed E-state index contributed by atoms with van der Waals surface area (Å²) < 4.78 is 31.8. The Morgan fingerprint density at radius 2 is 1.88 bits per heavy atom. The third-order valence-corrected chi connectivity index (χ3v) is 5.26. The molecule has 3 atom stereocenters. The van der Waals surface area contributed by atoms with E-state index in [1.54, 1.807) is 30.3 Å². The quantitative estimate of drug-likeness (QED) is 0.484. The molecular weight excluding hydrogens is 354 g/mol. The van der Waals surface area contributed by atoms with Crippen LogP contribution in [0.25, 0.3) is 0 Å². The summed E-state index contributed by atoms with van der Waals surface area (Å²) in [5.41, 5.74) is 0.400. The fourth-order valence-corrected chi connectivity index (χ4v) is 4.18. The van der Waals surface area contributed by atoms with Gasteiger partial charge in [0.05, 0.1) is 6.04 Å². The molecule has 0 unspecified atom stereocenters. The molecule has 10 nitrogen and oxygen atoms in total. The Kier molecular flexibility index (Phi) is 4.13. The molecule has 2 aliphatic heterocycles. The first-order valence-corrected chi connectivity index (χ1v) is 8.77. The zero-order valence-electron chi connectivity index (χ0n) is 12.8. The molecule has 2 saturated heterocycles. The number of nitrogens with zero attached hydrogens (tertiary/aromatic N) is 2. The monoisotopic (exact) mass is 369 g/mol. The van der Waals surface area contributed by atoms with Gasteiger partial charge in [0, 0.05) is 6.54 Å². The summed E-state index contributed by atoms with van der Waals surface area (Å²) in [6.45, 7) is 0.0799. The van der Waals surface area contributed by atoms with Crippen LogP contribution in [0.3, 0.4) is 0 Å². The van der Waals surface area contributed by atoms with Crippen molar-refractivity contribution < 1.29 is 32.5 Å². The molecule has 0 bridgehead atoms. The standard InChI is InChI=1S/C14H15N3O7S/c18-12(10(15-14(20)21)8-4-2-1-3-5-8)16-7-6-9-11(16)13(19)17(9)25(22,23)24/h1-5,9-11,15H,6-7H2,(H,20,21)(H,22,23,24)/t9-,10-,11+/m1/s1. The number of β-lactam (4-membered cyclic amide) rings is 1. The van der Waals surface area contributed by atoms with Gasteiger partial charge in [-0.1, -0.05) is 30.3 Å². The maximum Gasteiger partial charge on any atom is 0.405 e. The van der Waals surface area contributed by atoms with Gasteiger partial charge in [0.1, 0.15) is 12.1 Å². The molecule has 134 valence electrons. The third kappa shape index (κ3) is 2.91. The van der Waals surface area contributed by atoms with E-state index >= 15 is 0 Å². The summed E-state index contributed by atoms with van der Waals surface area (Å²) in [5.74, 6) is -1.55. The molecule has 0 radical (unpaired) electrons. The Labute approximate surface area is 142 Å². The Morgan fingerprint density at radius 1 is 1.24 bits per heavy atom. The number of carbonyl (C=O) groups excluding carboxylic acids is 2. The maximum absolute atomic E-state index is 12.8. The van der Waals surface area contributed by atoms with Gasteiger partial charge in [-0.15, -0.1) is 0 Å². The van der Waals surface area contributed by atoms with Crippen LogP contribution in [0.5, 0.6) is 0 Å². The van der Waals surface area contributed by atoms with Gasteiger partial charge in [-0.25, -0.2) is 9.10 Å². The van der Waals surface area contributed by atoms with Gasteiger partial charge in [-0.3, -0.25) is 14.1 Å². The number of nitrogens with one attached hydrogen (secondary N) is 1. The van der Waals surface area contributed by atoms with Gasteiger partial charge in [0.2, 0.25) is 0 Å². The van der Waals surface area contributed by atoms with Crippen LogP contribution in [0.15, 0.2) is 30.3 Å². The van der Waals surface area contributed by atoms with Crippen molar-refractivity contribution in [3.05, 3.63) is 35.9 Å². The Balaban J connectivity index is 1.85. The molecule has 1 aromatic carbocycles. The van der Waals surface area contributed by atoms with Gasteiger partial charge < -0.3 is 15.3 Å². The second-order valence-corrected chi connectivity index (χ2v) is 7.03. The van der Waals surface area contributed by atoms with Crippen LogP contribution in [0.2, 0.25) is 0 Å². The Hall–Kier alpha value is -2.66. The van der Waals surface area contributed by atoms with Crippen molar-refractivity contribution in [3.8, 4) is 0 Å². The van der Waals surface area contributed by atoms with Crippen LogP contribution >= 0.6 is 0 Å². The molecule has 0 aromatic heterocycles. The SMILES string of the molecule is O=C(O)N[C@@H](C(=O)N1CC[C@@H]2[C@H]1C(=O)N2S(=O)(=O)O)c1ccccc1. The zero-order valence-corrected chi connectivity index (χ0v) is 13.6. The van der Waals surface area contributed by atoms with Crippen molar-refractivity contribution >= 4 is 28.2 Å². The summed E-state index contributed by atoms with van der Waals surface area (Å²) in [7, 11) is -4.67. The highest BCUT2D eigenvalue weighted by molar-refractivity contribution is 7.84. The van der Waals surface area contributed by atoms with Crippen molar-refractivity contribution in [1.82, 2.24) is 14.5 Å². The second-order valence-electron chi connectivity index (χ2n) is 5.74. The molecule has 0 spiro atoms. The summed E-state index contributed by atoms with van der Waals surface area (Å²) in [5, 5.41) is 11.1. The predicted octanol–water partition coefficient (Wildman–Crippen LogP) is -0.390. The number of fused-ring (bicyclic) bond motifs is 1. The minimum atomic E-state index is -4.67. The number of hydrogen-bond donors (Lipinski definition) is 3. The first-order valence-electron chi connectivity index (χ1n) is 7.37. The maximum atomic E-state index is 12.8. The van der Waals surface area contributed by atoms with Crippen LogP contribution < -0.4 is 5.32 Å². The first-order chi connectivity index (χ1) is 11.7. The lowest BCUT2D eigenvalue weighted by molar-refractivity contribution is -0.152. The number of hydrogen-bond acceptors (Lipinski definition) is 5. The van der Waals surface area contributed by atoms with E-state index < -0.39 is 46.3 Å². The molecule has 2 heterocycles. The molecule has 3 rings (SSSR count). The minimum Gasteiger partial charge on any atom is -0.465 e. The van der Waals surface area contributed by atoms with Gasteiger partial charge in [0.25, 0.3) is 11.8 Å². The molecule has 25 heavy (non-hydrogen) atoms. The third-order valence-electron chi connectivity index (χ3n) is 4.32. The van der Waals surface area contributed by atoms with Gasteiger partial charge in [-0.2, -0.15) is 8.42 Å². The summed E-state index contributed by atoms with van der Waals surface area (Å²) in [6.07, 6.45) is -1.23. The van der Waals surface area contributed by atoms with Crippen LogP contribution in [-0.4, -0.2) is 63.8 Å². The van der Waals surface area contributed by atoms with Crippen LogP contribution in [0.1, 0.15) is 18.0 Å². The number of rotatable bonds is 4.